The third-order valence-corrected chi connectivity index (χ3v) is 4.99. The summed E-state index contributed by atoms with van der Waals surface area (Å²) in [6.45, 7) is 3.87. The summed E-state index contributed by atoms with van der Waals surface area (Å²) in [5.41, 5.74) is 1.09. The molecule has 1 aliphatic rings. The van der Waals surface area contributed by atoms with Crippen LogP contribution < -0.4 is 20.1 Å². The lowest BCUT2D eigenvalue weighted by atomic mass is 9.95. The van der Waals surface area contributed by atoms with Gasteiger partial charge in [0.05, 0.1) is 18.2 Å². The molecule has 140 valence electrons. The van der Waals surface area contributed by atoms with Crippen LogP contribution in [0.1, 0.15) is 51.0 Å². The number of carbonyl (C=O) groups excluding carboxylic acids is 1. The van der Waals surface area contributed by atoms with E-state index in [1.807, 2.05) is 19.1 Å². The lowest BCUT2D eigenvalue weighted by Crippen LogP contribution is -2.37. The van der Waals surface area contributed by atoms with E-state index in [2.05, 4.69) is 26.6 Å². The van der Waals surface area contributed by atoms with E-state index in [0.29, 0.717) is 37.9 Å². The van der Waals surface area contributed by atoms with Crippen molar-refractivity contribution >= 4 is 21.8 Å². The van der Waals surface area contributed by atoms with Gasteiger partial charge in [-0.3, -0.25) is 4.79 Å². The number of halogens is 1. The van der Waals surface area contributed by atoms with Crippen molar-refractivity contribution in [3.63, 3.8) is 0 Å². The van der Waals surface area contributed by atoms with E-state index >= 15 is 0 Å². The Morgan fingerprint density at radius 1 is 1.28 bits per heavy atom. The lowest BCUT2D eigenvalue weighted by molar-refractivity contribution is -0.121. The molecule has 0 unspecified atom stereocenters. The first-order valence-electron chi connectivity index (χ1n) is 9.13. The van der Waals surface area contributed by atoms with Crippen LogP contribution in [0.5, 0.6) is 11.5 Å². The highest BCUT2D eigenvalue weighted by atomic mass is 79.9. The molecule has 0 aromatic heterocycles. The fourth-order valence-corrected chi connectivity index (χ4v) is 3.82. The molecule has 2 N–H and O–H groups in total. The third kappa shape index (κ3) is 6.51. The van der Waals surface area contributed by atoms with Crippen LogP contribution in [0.25, 0.3) is 0 Å². The summed E-state index contributed by atoms with van der Waals surface area (Å²) in [7, 11) is 1.63. The lowest BCUT2D eigenvalue weighted by Gasteiger charge is -2.22. The maximum atomic E-state index is 12.0. The molecule has 0 spiro atoms. The summed E-state index contributed by atoms with van der Waals surface area (Å²) >= 11 is 3.52. The smallest absolute Gasteiger partial charge is 0.221 e. The zero-order chi connectivity index (χ0) is 18.1. The fourth-order valence-electron chi connectivity index (χ4n) is 3.17. The Kier molecular flexibility index (Phi) is 8.55. The molecular formula is C19H29BrN2O3. The van der Waals surface area contributed by atoms with Crippen LogP contribution in [0.2, 0.25) is 0 Å². The number of hydrogen-bond donors (Lipinski definition) is 2. The first-order valence-corrected chi connectivity index (χ1v) is 9.92. The second-order valence-electron chi connectivity index (χ2n) is 6.37. The summed E-state index contributed by atoms with van der Waals surface area (Å²) in [5.74, 6) is 1.58. The van der Waals surface area contributed by atoms with Crippen molar-refractivity contribution in [1.82, 2.24) is 10.6 Å². The average molecular weight is 413 g/mol. The Hall–Kier alpha value is -1.27. The molecule has 5 nitrogen and oxygen atoms in total. The zero-order valence-electron chi connectivity index (χ0n) is 15.2. The standard InChI is InChI=1S/C19H29BrN2O3/c1-3-25-17-12-14(11-16(20)19(17)24-2)13-21-10-9-18(23)22-15-7-5-4-6-8-15/h11-12,15,21H,3-10,13H2,1-2H3,(H,22,23). The van der Waals surface area contributed by atoms with E-state index in [9.17, 15) is 4.79 Å². The van der Waals surface area contributed by atoms with E-state index in [-0.39, 0.29) is 5.91 Å². The highest BCUT2D eigenvalue weighted by molar-refractivity contribution is 9.10. The van der Waals surface area contributed by atoms with Crippen LogP contribution in [0.3, 0.4) is 0 Å². The minimum atomic E-state index is 0.144. The molecule has 1 saturated carbocycles. The summed E-state index contributed by atoms with van der Waals surface area (Å²) in [5, 5.41) is 6.47. The minimum absolute atomic E-state index is 0.144. The van der Waals surface area contributed by atoms with Crippen LogP contribution in [0, 0.1) is 0 Å². The van der Waals surface area contributed by atoms with Crippen molar-refractivity contribution in [2.45, 2.75) is 58.0 Å². The molecule has 2 rings (SSSR count). The summed E-state index contributed by atoms with van der Waals surface area (Å²) in [6, 6.07) is 4.37. The molecule has 25 heavy (non-hydrogen) atoms. The summed E-state index contributed by atoms with van der Waals surface area (Å²) in [4.78, 5) is 12.0. The number of amides is 1. The topological polar surface area (TPSA) is 59.6 Å². The van der Waals surface area contributed by atoms with E-state index < -0.39 is 0 Å². The SMILES string of the molecule is CCOc1cc(CNCCC(=O)NC2CCCCC2)cc(Br)c1OC. The predicted octanol–water partition coefficient (Wildman–Crippen LogP) is 3.79. The van der Waals surface area contributed by atoms with Gasteiger partial charge in [-0.1, -0.05) is 19.3 Å². The Bertz CT molecular complexity index is 560. The van der Waals surface area contributed by atoms with Gasteiger partial charge in [0.2, 0.25) is 5.91 Å². The first-order chi connectivity index (χ1) is 12.1. The van der Waals surface area contributed by atoms with Gasteiger partial charge < -0.3 is 20.1 Å². The molecule has 1 fully saturated rings. The second-order valence-corrected chi connectivity index (χ2v) is 7.23. The van der Waals surface area contributed by atoms with E-state index in [1.165, 1.54) is 19.3 Å². The van der Waals surface area contributed by atoms with Gasteiger partial charge in [0, 0.05) is 25.6 Å². The largest absolute Gasteiger partial charge is 0.492 e. The number of carbonyl (C=O) groups is 1. The van der Waals surface area contributed by atoms with Gasteiger partial charge in [-0.15, -0.1) is 0 Å². The van der Waals surface area contributed by atoms with Crippen molar-refractivity contribution in [2.24, 2.45) is 0 Å². The molecule has 1 aromatic rings. The molecule has 6 heteroatoms. The van der Waals surface area contributed by atoms with Crippen molar-refractivity contribution in [3.05, 3.63) is 22.2 Å². The summed E-state index contributed by atoms with van der Waals surface area (Å²) in [6.07, 6.45) is 6.52. The van der Waals surface area contributed by atoms with Gasteiger partial charge in [-0.2, -0.15) is 0 Å². The molecule has 0 saturated heterocycles. The number of benzene rings is 1. The number of ether oxygens (including phenoxy) is 2. The molecule has 0 heterocycles. The van der Waals surface area contributed by atoms with Gasteiger partial charge in [-0.25, -0.2) is 0 Å². The van der Waals surface area contributed by atoms with Gasteiger partial charge in [0.1, 0.15) is 0 Å². The highest BCUT2D eigenvalue weighted by Crippen LogP contribution is 2.36. The second kappa shape index (κ2) is 10.7. The zero-order valence-corrected chi connectivity index (χ0v) is 16.8. The molecule has 1 amide bonds. The van der Waals surface area contributed by atoms with Crippen LogP contribution >= 0.6 is 15.9 Å². The molecule has 0 bridgehead atoms. The van der Waals surface area contributed by atoms with Crippen molar-refractivity contribution in [2.75, 3.05) is 20.3 Å². The van der Waals surface area contributed by atoms with Crippen LogP contribution in [-0.4, -0.2) is 32.2 Å². The van der Waals surface area contributed by atoms with Crippen molar-refractivity contribution in [3.8, 4) is 11.5 Å². The Morgan fingerprint density at radius 3 is 2.72 bits per heavy atom. The van der Waals surface area contributed by atoms with Gasteiger partial charge in [0.15, 0.2) is 11.5 Å². The highest BCUT2D eigenvalue weighted by Gasteiger charge is 2.15. The monoisotopic (exact) mass is 412 g/mol. The minimum Gasteiger partial charge on any atom is -0.492 e. The van der Waals surface area contributed by atoms with E-state index in [1.54, 1.807) is 7.11 Å². The quantitative estimate of drug-likeness (QED) is 0.605. The molecule has 0 atom stereocenters. The normalized spacial score (nSPS) is 15.0. The maximum absolute atomic E-state index is 12.0. The third-order valence-electron chi connectivity index (χ3n) is 4.40. The fraction of sp³-hybridized carbons (Fsp3) is 0.632. The molecular weight excluding hydrogens is 384 g/mol. The molecule has 0 radical (unpaired) electrons. The van der Waals surface area contributed by atoms with E-state index in [4.69, 9.17) is 9.47 Å². The number of nitrogens with one attached hydrogen (secondary N) is 2. The first kappa shape index (κ1) is 20.0. The summed E-state index contributed by atoms with van der Waals surface area (Å²) < 4.78 is 11.9. The number of hydrogen-bond acceptors (Lipinski definition) is 4. The van der Waals surface area contributed by atoms with Gasteiger partial charge in [0.25, 0.3) is 0 Å². The molecule has 1 aliphatic carbocycles. The Labute approximate surface area is 159 Å². The number of rotatable bonds is 9. The van der Waals surface area contributed by atoms with Crippen molar-refractivity contribution in [1.29, 1.82) is 0 Å². The maximum Gasteiger partial charge on any atom is 0.221 e. The van der Waals surface area contributed by atoms with Gasteiger partial charge in [-0.05, 0) is 53.4 Å². The van der Waals surface area contributed by atoms with Crippen molar-refractivity contribution < 1.29 is 14.3 Å². The van der Waals surface area contributed by atoms with E-state index in [0.717, 1.165) is 28.6 Å². The average Bonchev–Trinajstić information content (AvgIpc) is 2.60. The van der Waals surface area contributed by atoms with Crippen LogP contribution in [0.15, 0.2) is 16.6 Å². The Balaban J connectivity index is 1.76. The Morgan fingerprint density at radius 2 is 2.04 bits per heavy atom. The molecule has 0 aliphatic heterocycles. The van der Waals surface area contributed by atoms with Gasteiger partial charge >= 0.3 is 0 Å². The van der Waals surface area contributed by atoms with Crippen LogP contribution in [0.4, 0.5) is 0 Å². The predicted molar refractivity (Wildman–Crippen MR) is 103 cm³/mol. The molecule has 1 aromatic carbocycles. The van der Waals surface area contributed by atoms with Crippen LogP contribution in [-0.2, 0) is 11.3 Å². The number of methoxy groups -OCH3 is 1.